The minimum atomic E-state index is -0.552. The number of halogens is 1. The summed E-state index contributed by atoms with van der Waals surface area (Å²) in [7, 11) is 0. The summed E-state index contributed by atoms with van der Waals surface area (Å²) in [5, 5.41) is 2.96. The van der Waals surface area contributed by atoms with Gasteiger partial charge in [0.2, 0.25) is 0 Å². The Morgan fingerprint density at radius 2 is 1.28 bits per heavy atom. The summed E-state index contributed by atoms with van der Waals surface area (Å²) in [5.41, 5.74) is 6.75. The second kappa shape index (κ2) is 17.5. The standard InChI is InChI=1S/C17H25NO4.C10H13NO2.ClH/c1-13(18-11-10-15(19)22-17(2,3)4)16(20)21-12-14-8-6-5-7-9-14;1-8(11)10(12)13-7-9-5-3-2-4-6-9;/h5-9,13,18H,10-12H2,1-4H3;2-6,8H,7,11H2,1H3;1H/t13-;8-;/m00./s1. The van der Waals surface area contributed by atoms with Crippen LogP contribution in [0.25, 0.3) is 0 Å². The monoisotopic (exact) mass is 522 g/mol. The molecule has 3 N–H and O–H groups in total. The molecule has 36 heavy (non-hydrogen) atoms. The van der Waals surface area contributed by atoms with Gasteiger partial charge in [-0.15, -0.1) is 12.4 Å². The van der Waals surface area contributed by atoms with Crippen molar-refractivity contribution in [2.24, 2.45) is 5.73 Å². The van der Waals surface area contributed by atoms with Crippen molar-refractivity contribution in [3.63, 3.8) is 0 Å². The van der Waals surface area contributed by atoms with E-state index in [1.165, 1.54) is 0 Å². The maximum Gasteiger partial charge on any atom is 0.323 e. The quantitative estimate of drug-likeness (QED) is 0.356. The number of nitrogens with two attached hydrogens (primary N) is 1. The molecule has 0 aliphatic heterocycles. The van der Waals surface area contributed by atoms with Crippen LogP contribution in [0, 0.1) is 0 Å². The van der Waals surface area contributed by atoms with Crippen LogP contribution in [0.1, 0.15) is 52.2 Å². The van der Waals surface area contributed by atoms with E-state index in [-0.39, 0.29) is 43.3 Å². The summed E-state index contributed by atoms with van der Waals surface area (Å²) in [4.78, 5) is 34.3. The highest BCUT2D eigenvalue weighted by Crippen LogP contribution is 2.08. The average Bonchev–Trinajstić information content (AvgIpc) is 2.81. The number of esters is 3. The predicted octanol–water partition coefficient (Wildman–Crippen LogP) is 3.94. The summed E-state index contributed by atoms with van der Waals surface area (Å²) in [6.45, 7) is 9.69. The SMILES string of the molecule is C[C@H](N)C(=O)OCc1ccccc1.C[C@H](NCCC(=O)OC(C)(C)C)C(=O)OCc1ccccc1.Cl. The van der Waals surface area contributed by atoms with Gasteiger partial charge in [-0.25, -0.2) is 0 Å². The molecule has 0 heterocycles. The van der Waals surface area contributed by atoms with Gasteiger partial charge in [0.05, 0.1) is 6.42 Å². The van der Waals surface area contributed by atoms with Crippen LogP contribution in [-0.4, -0.2) is 42.1 Å². The minimum Gasteiger partial charge on any atom is -0.460 e. The molecule has 0 aromatic heterocycles. The van der Waals surface area contributed by atoms with Gasteiger partial charge in [0.25, 0.3) is 0 Å². The molecular weight excluding hydrogens is 484 g/mol. The van der Waals surface area contributed by atoms with Crippen molar-refractivity contribution in [1.29, 1.82) is 0 Å². The van der Waals surface area contributed by atoms with Gasteiger partial charge >= 0.3 is 17.9 Å². The third kappa shape index (κ3) is 15.9. The third-order valence-electron chi connectivity index (χ3n) is 4.37. The van der Waals surface area contributed by atoms with E-state index in [1.54, 1.807) is 13.8 Å². The lowest BCUT2D eigenvalue weighted by atomic mass is 10.2. The van der Waals surface area contributed by atoms with Crippen molar-refractivity contribution >= 4 is 30.3 Å². The molecule has 0 unspecified atom stereocenters. The van der Waals surface area contributed by atoms with E-state index in [9.17, 15) is 14.4 Å². The number of hydrogen-bond donors (Lipinski definition) is 2. The van der Waals surface area contributed by atoms with Crippen LogP contribution < -0.4 is 11.1 Å². The van der Waals surface area contributed by atoms with Gasteiger partial charge in [0.1, 0.15) is 30.9 Å². The number of rotatable bonds is 10. The van der Waals surface area contributed by atoms with Crippen molar-refractivity contribution in [3.8, 4) is 0 Å². The Morgan fingerprint density at radius 1 is 0.833 bits per heavy atom. The van der Waals surface area contributed by atoms with Crippen molar-refractivity contribution in [1.82, 2.24) is 5.32 Å². The van der Waals surface area contributed by atoms with Crippen LogP contribution in [0.2, 0.25) is 0 Å². The van der Waals surface area contributed by atoms with Crippen LogP contribution in [0.4, 0.5) is 0 Å². The molecule has 0 fully saturated rings. The lowest BCUT2D eigenvalue weighted by Gasteiger charge is -2.20. The number of carbonyl (C=O) groups is 3. The molecule has 2 aromatic rings. The van der Waals surface area contributed by atoms with E-state index >= 15 is 0 Å². The van der Waals surface area contributed by atoms with Crippen LogP contribution in [0.15, 0.2) is 60.7 Å². The first-order valence-corrected chi connectivity index (χ1v) is 11.6. The molecule has 0 amide bonds. The Balaban J connectivity index is 0.000000748. The van der Waals surface area contributed by atoms with E-state index in [1.807, 2.05) is 81.4 Å². The van der Waals surface area contributed by atoms with Crippen molar-refractivity contribution in [3.05, 3.63) is 71.8 Å². The van der Waals surface area contributed by atoms with Crippen LogP contribution in [0.5, 0.6) is 0 Å². The fraction of sp³-hybridized carbons (Fsp3) is 0.444. The fourth-order valence-corrected chi connectivity index (χ4v) is 2.58. The number of ether oxygens (including phenoxy) is 3. The van der Waals surface area contributed by atoms with Gasteiger partial charge in [-0.05, 0) is 45.7 Å². The molecule has 2 aromatic carbocycles. The molecule has 2 atom stereocenters. The summed E-state index contributed by atoms with van der Waals surface area (Å²) in [6.07, 6.45) is 0.216. The highest BCUT2D eigenvalue weighted by atomic mass is 35.5. The zero-order valence-corrected chi connectivity index (χ0v) is 22.5. The molecule has 0 saturated carbocycles. The van der Waals surface area contributed by atoms with Crippen molar-refractivity contribution in [2.45, 2.75) is 71.9 Å². The summed E-state index contributed by atoms with van der Waals surface area (Å²) in [6, 6.07) is 18.0. The molecule has 0 radical (unpaired) electrons. The van der Waals surface area contributed by atoms with Crippen molar-refractivity contribution in [2.75, 3.05) is 6.54 Å². The lowest BCUT2D eigenvalue weighted by Crippen LogP contribution is -2.37. The Labute approximate surface area is 220 Å². The zero-order chi connectivity index (χ0) is 26.3. The van der Waals surface area contributed by atoms with Gasteiger partial charge in [-0.1, -0.05) is 60.7 Å². The van der Waals surface area contributed by atoms with E-state index in [2.05, 4.69) is 5.32 Å². The molecule has 0 bridgehead atoms. The van der Waals surface area contributed by atoms with Gasteiger partial charge in [0, 0.05) is 6.54 Å². The van der Waals surface area contributed by atoms with Crippen LogP contribution in [0.3, 0.4) is 0 Å². The zero-order valence-electron chi connectivity index (χ0n) is 21.7. The molecule has 0 saturated heterocycles. The second-order valence-electron chi connectivity index (χ2n) is 8.99. The summed E-state index contributed by atoms with van der Waals surface area (Å²) < 4.78 is 15.3. The van der Waals surface area contributed by atoms with Crippen molar-refractivity contribution < 1.29 is 28.6 Å². The molecule has 0 aliphatic carbocycles. The first-order valence-electron chi connectivity index (χ1n) is 11.6. The number of carbonyl (C=O) groups excluding carboxylic acids is 3. The molecular formula is C27H39ClN2O6. The smallest absolute Gasteiger partial charge is 0.323 e. The van der Waals surface area contributed by atoms with Gasteiger partial charge in [-0.2, -0.15) is 0 Å². The van der Waals surface area contributed by atoms with E-state index in [0.717, 1.165) is 11.1 Å². The Hall–Kier alpha value is -2.94. The van der Waals surface area contributed by atoms with Gasteiger partial charge in [-0.3, -0.25) is 14.4 Å². The Kier molecular flexibility index (Phi) is 16.1. The molecule has 200 valence electrons. The van der Waals surface area contributed by atoms with E-state index < -0.39 is 17.7 Å². The first kappa shape index (κ1) is 33.1. The maximum absolute atomic E-state index is 11.8. The Morgan fingerprint density at radius 3 is 1.69 bits per heavy atom. The number of benzene rings is 2. The predicted molar refractivity (Wildman–Crippen MR) is 141 cm³/mol. The van der Waals surface area contributed by atoms with E-state index in [4.69, 9.17) is 19.9 Å². The second-order valence-corrected chi connectivity index (χ2v) is 8.99. The highest BCUT2D eigenvalue weighted by Gasteiger charge is 2.18. The molecule has 0 spiro atoms. The van der Waals surface area contributed by atoms with Gasteiger partial charge in [0.15, 0.2) is 0 Å². The van der Waals surface area contributed by atoms with Crippen LogP contribution in [-0.2, 0) is 41.8 Å². The topological polar surface area (TPSA) is 117 Å². The van der Waals surface area contributed by atoms with Crippen LogP contribution >= 0.6 is 12.4 Å². The van der Waals surface area contributed by atoms with E-state index in [0.29, 0.717) is 13.2 Å². The average molecular weight is 523 g/mol. The highest BCUT2D eigenvalue weighted by molar-refractivity contribution is 5.85. The Bertz CT molecular complexity index is 901. The number of hydrogen-bond acceptors (Lipinski definition) is 8. The summed E-state index contributed by atoms with van der Waals surface area (Å²) >= 11 is 0. The van der Waals surface area contributed by atoms with Gasteiger partial charge < -0.3 is 25.3 Å². The third-order valence-corrected chi connectivity index (χ3v) is 4.37. The lowest BCUT2D eigenvalue weighted by molar-refractivity contribution is -0.155. The normalized spacial score (nSPS) is 12.1. The molecule has 9 heteroatoms. The first-order chi connectivity index (χ1) is 16.5. The maximum atomic E-state index is 11.8. The number of nitrogens with one attached hydrogen (secondary N) is 1. The molecule has 0 aliphatic rings. The summed E-state index contributed by atoms with van der Waals surface area (Å²) in [5.74, 6) is -0.998. The molecule has 2 rings (SSSR count). The minimum absolute atomic E-state index is 0. The molecule has 8 nitrogen and oxygen atoms in total. The largest absolute Gasteiger partial charge is 0.460 e. The fourth-order valence-electron chi connectivity index (χ4n) is 2.58.